The number of halogens is 1. The van der Waals surface area contributed by atoms with Gasteiger partial charge in [-0.25, -0.2) is 4.98 Å². The summed E-state index contributed by atoms with van der Waals surface area (Å²) >= 11 is 7.72. The van der Waals surface area contributed by atoms with E-state index in [9.17, 15) is 5.11 Å². The van der Waals surface area contributed by atoms with Gasteiger partial charge in [-0.15, -0.1) is 11.8 Å². The van der Waals surface area contributed by atoms with Crippen molar-refractivity contribution in [3.63, 3.8) is 0 Å². The highest BCUT2D eigenvalue weighted by Gasteiger charge is 2.25. The van der Waals surface area contributed by atoms with Crippen LogP contribution in [0.3, 0.4) is 0 Å². The fourth-order valence-electron chi connectivity index (χ4n) is 3.88. The first-order chi connectivity index (χ1) is 15.0. The van der Waals surface area contributed by atoms with Crippen LogP contribution in [0.25, 0.3) is 0 Å². The van der Waals surface area contributed by atoms with Crippen LogP contribution in [-0.2, 0) is 6.61 Å². The third kappa shape index (κ3) is 5.35. The molecule has 4 nitrogen and oxygen atoms in total. The van der Waals surface area contributed by atoms with Gasteiger partial charge < -0.3 is 14.7 Å². The predicted octanol–water partition coefficient (Wildman–Crippen LogP) is 6.51. The summed E-state index contributed by atoms with van der Waals surface area (Å²) in [5, 5.41) is 12.1. The molecule has 1 aliphatic rings. The minimum Gasteiger partial charge on any atom is -0.457 e. The van der Waals surface area contributed by atoms with Crippen molar-refractivity contribution in [1.82, 2.24) is 4.98 Å². The second-order valence-corrected chi connectivity index (χ2v) is 9.79. The molecule has 2 aromatic carbocycles. The minimum atomic E-state index is -0.0224. The lowest BCUT2D eigenvalue weighted by Crippen LogP contribution is -2.21. The number of hydrogen-bond donors (Lipinski definition) is 1. The number of aromatic nitrogens is 1. The maximum atomic E-state index is 10.0. The molecule has 1 saturated heterocycles. The van der Waals surface area contributed by atoms with Gasteiger partial charge in [-0.3, -0.25) is 0 Å². The number of ether oxygens (including phenoxy) is 1. The van der Waals surface area contributed by atoms with Crippen LogP contribution in [0.4, 0.5) is 5.69 Å². The highest BCUT2D eigenvalue weighted by Crippen LogP contribution is 2.36. The van der Waals surface area contributed by atoms with E-state index in [0.717, 1.165) is 47.3 Å². The second kappa shape index (κ2) is 9.94. The number of pyridine rings is 1. The van der Waals surface area contributed by atoms with E-state index < -0.39 is 0 Å². The Morgan fingerprint density at radius 2 is 2.03 bits per heavy atom. The number of para-hydroxylation sites is 1. The Morgan fingerprint density at radius 3 is 2.77 bits per heavy atom. The molecule has 0 aliphatic carbocycles. The van der Waals surface area contributed by atoms with Gasteiger partial charge in [0.2, 0.25) is 0 Å². The molecule has 1 fully saturated rings. The second-order valence-electron chi connectivity index (χ2n) is 8.03. The van der Waals surface area contributed by atoms with E-state index in [2.05, 4.69) is 35.9 Å². The first-order valence-electron chi connectivity index (χ1n) is 10.6. The van der Waals surface area contributed by atoms with Gasteiger partial charge in [0, 0.05) is 35.8 Å². The van der Waals surface area contributed by atoms with Crippen LogP contribution in [0.15, 0.2) is 65.8 Å². The number of thioether (sulfide) groups is 1. The third-order valence-corrected chi connectivity index (χ3v) is 6.89. The van der Waals surface area contributed by atoms with E-state index >= 15 is 0 Å². The van der Waals surface area contributed by atoms with E-state index in [1.54, 1.807) is 18.0 Å². The molecule has 4 rings (SSSR count). The van der Waals surface area contributed by atoms with E-state index in [-0.39, 0.29) is 6.61 Å². The van der Waals surface area contributed by atoms with Crippen molar-refractivity contribution in [2.45, 2.75) is 43.1 Å². The standard InChI is InChI=1S/C25H27ClN2O2S/c1-17(2)22-5-3-4-6-24(22)30-20-8-9-23(18(13-20)16-29)28-12-11-21(15-28)31-25-10-7-19(26)14-27-25/h3-10,13-14,17,21,29H,11-12,15-16H2,1-2H3/t21-/m0/s1. The lowest BCUT2D eigenvalue weighted by Gasteiger charge is -2.22. The molecular formula is C25H27ClN2O2S. The van der Waals surface area contributed by atoms with Crippen molar-refractivity contribution >= 4 is 29.1 Å². The number of hydrogen-bond acceptors (Lipinski definition) is 5. The summed E-state index contributed by atoms with van der Waals surface area (Å²) in [6, 6.07) is 18.0. The molecule has 6 heteroatoms. The summed E-state index contributed by atoms with van der Waals surface area (Å²) in [4.78, 5) is 6.74. The van der Waals surface area contributed by atoms with Crippen molar-refractivity contribution in [2.24, 2.45) is 0 Å². The summed E-state index contributed by atoms with van der Waals surface area (Å²) in [5.74, 6) is 1.99. The van der Waals surface area contributed by atoms with Gasteiger partial charge in [-0.05, 0) is 54.3 Å². The lowest BCUT2D eigenvalue weighted by atomic mass is 10.0. The number of nitrogens with zero attached hydrogens (tertiary/aromatic N) is 2. The highest BCUT2D eigenvalue weighted by atomic mass is 35.5. The van der Waals surface area contributed by atoms with Gasteiger partial charge >= 0.3 is 0 Å². The summed E-state index contributed by atoms with van der Waals surface area (Å²) in [7, 11) is 0. The van der Waals surface area contributed by atoms with Gasteiger partial charge in [0.15, 0.2) is 0 Å². The number of aliphatic hydroxyl groups excluding tert-OH is 1. The Kier molecular flexibility index (Phi) is 7.06. The van der Waals surface area contributed by atoms with E-state index in [0.29, 0.717) is 16.2 Å². The Bertz CT molecular complexity index is 1030. The fourth-order valence-corrected chi connectivity index (χ4v) is 5.08. The molecule has 162 valence electrons. The first-order valence-corrected chi connectivity index (χ1v) is 11.8. The summed E-state index contributed by atoms with van der Waals surface area (Å²) < 4.78 is 6.19. The Labute approximate surface area is 193 Å². The molecule has 3 aromatic rings. The maximum Gasteiger partial charge on any atom is 0.130 e. The third-order valence-electron chi connectivity index (χ3n) is 5.46. The van der Waals surface area contributed by atoms with Crippen LogP contribution in [-0.4, -0.2) is 28.4 Å². The molecule has 0 radical (unpaired) electrons. The molecule has 0 bridgehead atoms. The molecular weight excluding hydrogens is 428 g/mol. The lowest BCUT2D eigenvalue weighted by molar-refractivity contribution is 0.281. The maximum absolute atomic E-state index is 10.0. The van der Waals surface area contributed by atoms with Gasteiger partial charge in [0.1, 0.15) is 11.5 Å². The van der Waals surface area contributed by atoms with Crippen molar-refractivity contribution in [3.05, 3.63) is 76.9 Å². The van der Waals surface area contributed by atoms with Crippen LogP contribution < -0.4 is 9.64 Å². The normalized spacial score (nSPS) is 16.2. The smallest absolute Gasteiger partial charge is 0.130 e. The predicted molar refractivity (Wildman–Crippen MR) is 129 cm³/mol. The van der Waals surface area contributed by atoms with Crippen LogP contribution in [0, 0.1) is 0 Å². The highest BCUT2D eigenvalue weighted by molar-refractivity contribution is 7.99. The fraction of sp³-hybridized carbons (Fsp3) is 0.320. The average molecular weight is 455 g/mol. The molecule has 1 aromatic heterocycles. The molecule has 0 saturated carbocycles. The van der Waals surface area contributed by atoms with Crippen molar-refractivity contribution in [1.29, 1.82) is 0 Å². The summed E-state index contributed by atoms with van der Waals surface area (Å²) in [5.41, 5.74) is 3.13. The Hall–Kier alpha value is -2.21. The molecule has 31 heavy (non-hydrogen) atoms. The molecule has 1 aliphatic heterocycles. The van der Waals surface area contributed by atoms with Crippen LogP contribution in [0.5, 0.6) is 11.5 Å². The SMILES string of the molecule is CC(C)c1ccccc1Oc1ccc(N2CC[C@H](Sc3ccc(Cl)cn3)C2)c(CO)c1. The minimum absolute atomic E-state index is 0.0224. The summed E-state index contributed by atoms with van der Waals surface area (Å²) in [6.07, 6.45) is 2.76. The first kappa shape index (κ1) is 22.0. The number of aliphatic hydroxyl groups is 1. The van der Waals surface area contributed by atoms with Gasteiger partial charge in [0.05, 0.1) is 16.7 Å². The molecule has 2 heterocycles. The van der Waals surface area contributed by atoms with Gasteiger partial charge in [0.25, 0.3) is 0 Å². The van der Waals surface area contributed by atoms with Crippen LogP contribution in [0.2, 0.25) is 5.02 Å². The van der Waals surface area contributed by atoms with Crippen molar-refractivity contribution in [2.75, 3.05) is 18.0 Å². The van der Waals surface area contributed by atoms with Crippen molar-refractivity contribution < 1.29 is 9.84 Å². The van der Waals surface area contributed by atoms with Gasteiger partial charge in [-0.1, -0.05) is 43.6 Å². The zero-order chi connectivity index (χ0) is 21.8. The van der Waals surface area contributed by atoms with E-state index in [4.69, 9.17) is 16.3 Å². The number of benzene rings is 2. The largest absolute Gasteiger partial charge is 0.457 e. The Morgan fingerprint density at radius 1 is 1.19 bits per heavy atom. The van der Waals surface area contributed by atoms with Crippen molar-refractivity contribution in [3.8, 4) is 11.5 Å². The Balaban J connectivity index is 1.47. The van der Waals surface area contributed by atoms with E-state index in [1.165, 1.54) is 5.56 Å². The number of anilines is 1. The number of rotatable bonds is 7. The molecule has 1 atom stereocenters. The average Bonchev–Trinajstić information content (AvgIpc) is 3.23. The summed E-state index contributed by atoms with van der Waals surface area (Å²) in [6.45, 7) is 6.16. The topological polar surface area (TPSA) is 45.6 Å². The quantitative estimate of drug-likeness (QED) is 0.440. The van der Waals surface area contributed by atoms with Crippen LogP contribution >= 0.6 is 23.4 Å². The molecule has 0 unspecified atom stereocenters. The molecule has 0 spiro atoms. The monoisotopic (exact) mass is 454 g/mol. The molecule has 1 N–H and O–H groups in total. The zero-order valence-electron chi connectivity index (χ0n) is 17.8. The van der Waals surface area contributed by atoms with Crippen LogP contribution in [0.1, 0.15) is 37.3 Å². The van der Waals surface area contributed by atoms with E-state index in [1.807, 2.05) is 42.5 Å². The van der Waals surface area contributed by atoms with Gasteiger partial charge in [-0.2, -0.15) is 0 Å². The zero-order valence-corrected chi connectivity index (χ0v) is 19.4. The molecule has 0 amide bonds.